The Hall–Kier alpha value is -3.68. The Morgan fingerprint density at radius 2 is 1.63 bits per heavy atom. The van der Waals surface area contributed by atoms with Crippen LogP contribution in [0.15, 0.2) is 72.8 Å². The number of para-hydroxylation sites is 1. The van der Waals surface area contributed by atoms with Crippen LogP contribution in [-0.2, 0) is 4.79 Å². The molecule has 2 amide bonds. The van der Waals surface area contributed by atoms with Gasteiger partial charge in [-0.25, -0.2) is 0 Å². The fraction of sp³-hybridized carbons (Fsp3) is 0.286. The number of aliphatic hydroxyl groups excluding tert-OH is 1. The van der Waals surface area contributed by atoms with Gasteiger partial charge >= 0.3 is 0 Å². The Morgan fingerprint density at radius 1 is 0.971 bits per heavy atom. The third-order valence-corrected chi connectivity index (χ3v) is 6.42. The number of benzene rings is 3. The van der Waals surface area contributed by atoms with E-state index in [4.69, 9.17) is 0 Å². The Balaban J connectivity index is 1.65. The van der Waals surface area contributed by atoms with E-state index in [0.717, 1.165) is 34.5 Å². The smallest absolute Gasteiger partial charge is 0.251 e. The van der Waals surface area contributed by atoms with E-state index in [1.54, 1.807) is 19.1 Å². The standard InChI is InChI=1S/C28H31N3O4/c1-17-15-25(30-23-7-5-4-6-8-23)24-16-22(13-14-26(24)31(17)19(3)32)20-9-11-21(12-10-20)27(33)29-18(2)28(34)35/h4-14,16-18,25,28,30,34-35H,15H2,1-3H3,(H,29,33)/t17-,18?,25+/m0/s1. The van der Waals surface area contributed by atoms with E-state index in [1.165, 1.54) is 6.92 Å². The lowest BCUT2D eigenvalue weighted by atomic mass is 9.88. The highest BCUT2D eigenvalue weighted by molar-refractivity contribution is 5.95. The summed E-state index contributed by atoms with van der Waals surface area (Å²) in [6, 6.07) is 22.6. The lowest BCUT2D eigenvalue weighted by Crippen LogP contribution is -2.43. The molecule has 1 unspecified atom stereocenters. The Labute approximate surface area is 205 Å². The third kappa shape index (κ3) is 5.37. The molecule has 1 heterocycles. The molecule has 0 saturated carbocycles. The summed E-state index contributed by atoms with van der Waals surface area (Å²) < 4.78 is 0. The highest BCUT2D eigenvalue weighted by Crippen LogP contribution is 2.41. The molecule has 35 heavy (non-hydrogen) atoms. The van der Waals surface area contributed by atoms with Crippen molar-refractivity contribution in [2.24, 2.45) is 0 Å². The molecule has 4 rings (SSSR count). The van der Waals surface area contributed by atoms with Gasteiger partial charge in [0.15, 0.2) is 6.29 Å². The molecule has 1 aliphatic heterocycles. The third-order valence-electron chi connectivity index (χ3n) is 6.42. The van der Waals surface area contributed by atoms with E-state index in [-0.39, 0.29) is 23.9 Å². The van der Waals surface area contributed by atoms with Crippen molar-refractivity contribution in [1.82, 2.24) is 5.32 Å². The molecule has 7 heteroatoms. The summed E-state index contributed by atoms with van der Waals surface area (Å²) in [5.74, 6) is -0.358. The molecule has 0 spiro atoms. The number of carbonyl (C=O) groups is 2. The van der Waals surface area contributed by atoms with E-state index in [9.17, 15) is 19.8 Å². The van der Waals surface area contributed by atoms with E-state index in [2.05, 4.69) is 23.6 Å². The van der Waals surface area contributed by atoms with Crippen LogP contribution < -0.4 is 15.5 Å². The average Bonchev–Trinajstić information content (AvgIpc) is 2.84. The summed E-state index contributed by atoms with van der Waals surface area (Å²) in [4.78, 5) is 26.7. The fourth-order valence-electron chi connectivity index (χ4n) is 4.57. The second-order valence-electron chi connectivity index (χ2n) is 9.06. The number of fused-ring (bicyclic) bond motifs is 1. The molecule has 0 aliphatic carbocycles. The molecule has 0 fully saturated rings. The van der Waals surface area contributed by atoms with Gasteiger partial charge in [-0.05, 0) is 73.4 Å². The lowest BCUT2D eigenvalue weighted by molar-refractivity contribution is -0.117. The minimum Gasteiger partial charge on any atom is -0.378 e. The van der Waals surface area contributed by atoms with E-state index in [0.29, 0.717) is 5.56 Å². The summed E-state index contributed by atoms with van der Waals surface area (Å²) in [5, 5.41) is 24.6. The summed E-state index contributed by atoms with van der Waals surface area (Å²) in [7, 11) is 0. The SMILES string of the molecule is CC(=O)N1c2ccc(-c3ccc(C(=O)NC(C)C(O)O)cc3)cc2[C@H](Nc2ccccc2)C[C@@H]1C. The summed E-state index contributed by atoms with van der Waals surface area (Å²) in [6.45, 7) is 5.19. The zero-order chi connectivity index (χ0) is 25.1. The molecule has 3 aromatic rings. The van der Waals surface area contributed by atoms with Gasteiger partial charge in [0.2, 0.25) is 5.91 Å². The molecule has 182 valence electrons. The van der Waals surface area contributed by atoms with Crippen LogP contribution in [0.4, 0.5) is 11.4 Å². The summed E-state index contributed by atoms with van der Waals surface area (Å²) in [5.41, 5.74) is 5.32. The molecule has 0 radical (unpaired) electrons. The molecule has 3 aromatic carbocycles. The topological polar surface area (TPSA) is 102 Å². The van der Waals surface area contributed by atoms with Crippen molar-refractivity contribution >= 4 is 23.2 Å². The van der Waals surface area contributed by atoms with Gasteiger partial charge in [0.05, 0.1) is 12.1 Å². The Bertz CT molecular complexity index is 1190. The zero-order valence-corrected chi connectivity index (χ0v) is 20.1. The largest absolute Gasteiger partial charge is 0.378 e. The predicted molar refractivity (Wildman–Crippen MR) is 137 cm³/mol. The lowest BCUT2D eigenvalue weighted by Gasteiger charge is -2.39. The number of hydrogen-bond acceptors (Lipinski definition) is 5. The first kappa shape index (κ1) is 24.4. The van der Waals surface area contributed by atoms with Gasteiger partial charge in [-0.3, -0.25) is 9.59 Å². The van der Waals surface area contributed by atoms with E-state index < -0.39 is 12.3 Å². The van der Waals surface area contributed by atoms with Crippen molar-refractivity contribution in [3.05, 3.63) is 83.9 Å². The number of anilines is 2. The van der Waals surface area contributed by atoms with Crippen LogP contribution in [-0.4, -0.2) is 40.4 Å². The molecular weight excluding hydrogens is 442 g/mol. The zero-order valence-electron chi connectivity index (χ0n) is 20.1. The fourth-order valence-corrected chi connectivity index (χ4v) is 4.57. The molecule has 1 aliphatic rings. The van der Waals surface area contributed by atoms with Crippen molar-refractivity contribution in [1.29, 1.82) is 0 Å². The highest BCUT2D eigenvalue weighted by Gasteiger charge is 2.32. The first-order chi connectivity index (χ1) is 16.7. The highest BCUT2D eigenvalue weighted by atomic mass is 16.5. The molecule has 4 N–H and O–H groups in total. The first-order valence-electron chi connectivity index (χ1n) is 11.8. The van der Waals surface area contributed by atoms with Gasteiger partial charge in [0, 0.05) is 29.9 Å². The number of aliphatic hydroxyl groups is 2. The Kier molecular flexibility index (Phi) is 7.19. The van der Waals surface area contributed by atoms with Crippen molar-refractivity contribution < 1.29 is 19.8 Å². The number of nitrogens with one attached hydrogen (secondary N) is 2. The number of rotatable bonds is 6. The number of amides is 2. The minimum atomic E-state index is -1.62. The predicted octanol–water partition coefficient (Wildman–Crippen LogP) is 4.08. The van der Waals surface area contributed by atoms with Crippen LogP contribution in [0, 0.1) is 0 Å². The van der Waals surface area contributed by atoms with Crippen LogP contribution in [0.3, 0.4) is 0 Å². The van der Waals surface area contributed by atoms with Gasteiger partial charge in [-0.1, -0.05) is 36.4 Å². The second-order valence-corrected chi connectivity index (χ2v) is 9.06. The van der Waals surface area contributed by atoms with Crippen LogP contribution in [0.5, 0.6) is 0 Å². The van der Waals surface area contributed by atoms with Gasteiger partial charge in [-0.15, -0.1) is 0 Å². The van der Waals surface area contributed by atoms with Gasteiger partial charge < -0.3 is 25.7 Å². The van der Waals surface area contributed by atoms with Crippen LogP contribution in [0.1, 0.15) is 49.2 Å². The molecule has 0 bridgehead atoms. The van der Waals surface area contributed by atoms with Crippen molar-refractivity contribution in [2.45, 2.75) is 51.6 Å². The molecule has 0 saturated heterocycles. The van der Waals surface area contributed by atoms with Gasteiger partial charge in [0.25, 0.3) is 5.91 Å². The monoisotopic (exact) mass is 473 g/mol. The number of carbonyl (C=O) groups excluding carboxylic acids is 2. The quantitative estimate of drug-likeness (QED) is 0.404. The van der Waals surface area contributed by atoms with E-state index in [1.807, 2.05) is 59.5 Å². The maximum atomic E-state index is 12.4. The maximum absolute atomic E-state index is 12.4. The van der Waals surface area contributed by atoms with Crippen LogP contribution >= 0.6 is 0 Å². The van der Waals surface area contributed by atoms with Gasteiger partial charge in [0.1, 0.15) is 0 Å². The van der Waals surface area contributed by atoms with Gasteiger partial charge in [-0.2, -0.15) is 0 Å². The van der Waals surface area contributed by atoms with Crippen molar-refractivity contribution in [3.63, 3.8) is 0 Å². The maximum Gasteiger partial charge on any atom is 0.251 e. The van der Waals surface area contributed by atoms with Crippen LogP contribution in [0.25, 0.3) is 11.1 Å². The minimum absolute atomic E-state index is 0.0160. The first-order valence-corrected chi connectivity index (χ1v) is 11.8. The molecule has 7 nitrogen and oxygen atoms in total. The molecular formula is C28H31N3O4. The van der Waals surface area contributed by atoms with Crippen molar-refractivity contribution in [3.8, 4) is 11.1 Å². The Morgan fingerprint density at radius 3 is 2.26 bits per heavy atom. The molecule has 0 aromatic heterocycles. The number of nitrogens with zero attached hydrogens (tertiary/aromatic N) is 1. The summed E-state index contributed by atoms with van der Waals surface area (Å²) in [6.07, 6.45) is -0.845. The van der Waals surface area contributed by atoms with Crippen molar-refractivity contribution in [2.75, 3.05) is 10.2 Å². The average molecular weight is 474 g/mol. The normalized spacial score (nSPS) is 18.1. The number of hydrogen-bond donors (Lipinski definition) is 4. The summed E-state index contributed by atoms with van der Waals surface area (Å²) >= 11 is 0. The van der Waals surface area contributed by atoms with Crippen LogP contribution in [0.2, 0.25) is 0 Å². The second kappa shape index (κ2) is 10.3. The molecule has 3 atom stereocenters. The van der Waals surface area contributed by atoms with E-state index >= 15 is 0 Å².